The molecule has 0 spiro atoms. The summed E-state index contributed by atoms with van der Waals surface area (Å²) in [5, 5.41) is 2.50. The van der Waals surface area contributed by atoms with Gasteiger partial charge >= 0.3 is 0 Å². The van der Waals surface area contributed by atoms with Crippen molar-refractivity contribution in [3.8, 4) is 5.75 Å². The van der Waals surface area contributed by atoms with Gasteiger partial charge < -0.3 is 10.1 Å². The van der Waals surface area contributed by atoms with Crippen molar-refractivity contribution < 1.29 is 22.7 Å². The Morgan fingerprint density at radius 1 is 1.08 bits per heavy atom. The largest absolute Gasteiger partial charge is 0.497 e. The molecule has 2 amide bonds. The number of nitrogens with one attached hydrogen (secondary N) is 2. The summed E-state index contributed by atoms with van der Waals surface area (Å²) < 4.78 is 31.4. The van der Waals surface area contributed by atoms with Crippen molar-refractivity contribution in [3.63, 3.8) is 0 Å². The molecule has 136 valence electrons. The quantitative estimate of drug-likeness (QED) is 0.748. The third-order valence-electron chi connectivity index (χ3n) is 3.41. The molecule has 0 bridgehead atoms. The van der Waals surface area contributed by atoms with Crippen LogP contribution in [-0.4, -0.2) is 34.4 Å². The van der Waals surface area contributed by atoms with E-state index in [2.05, 4.69) is 5.32 Å². The number of carbonyl (C=O) groups excluding carboxylic acids is 2. The van der Waals surface area contributed by atoms with Crippen molar-refractivity contribution in [1.82, 2.24) is 10.0 Å². The van der Waals surface area contributed by atoms with Crippen molar-refractivity contribution in [2.45, 2.75) is 4.90 Å². The van der Waals surface area contributed by atoms with Crippen LogP contribution in [0.3, 0.4) is 0 Å². The second-order valence-corrected chi connectivity index (χ2v) is 6.87. The SMILES string of the molecule is CNC(=O)c1ccc(/C=C/C(=O)NS(=O)(=O)c2cccc(OC)c2)cc1. The Kier molecular flexibility index (Phi) is 6.13. The maximum atomic E-state index is 12.2. The highest BCUT2D eigenvalue weighted by molar-refractivity contribution is 7.90. The van der Waals surface area contributed by atoms with Crippen LogP contribution in [0.1, 0.15) is 15.9 Å². The number of ether oxygens (including phenoxy) is 1. The molecule has 8 heteroatoms. The Bertz CT molecular complexity index is 934. The lowest BCUT2D eigenvalue weighted by Gasteiger charge is -2.06. The second kappa shape index (κ2) is 8.30. The van der Waals surface area contributed by atoms with Gasteiger partial charge in [-0.2, -0.15) is 0 Å². The molecule has 0 saturated heterocycles. The summed E-state index contributed by atoms with van der Waals surface area (Å²) in [5.74, 6) is -0.641. The Balaban J connectivity index is 2.07. The van der Waals surface area contributed by atoms with Crippen molar-refractivity contribution in [2.75, 3.05) is 14.2 Å². The van der Waals surface area contributed by atoms with Gasteiger partial charge in [0.05, 0.1) is 12.0 Å². The monoisotopic (exact) mass is 374 g/mol. The molecule has 0 aliphatic heterocycles. The van der Waals surface area contributed by atoms with Crippen LogP contribution in [0.2, 0.25) is 0 Å². The van der Waals surface area contributed by atoms with E-state index in [9.17, 15) is 18.0 Å². The number of carbonyl (C=O) groups is 2. The van der Waals surface area contributed by atoms with Crippen LogP contribution in [0, 0.1) is 0 Å². The van der Waals surface area contributed by atoms with Gasteiger partial charge in [-0.05, 0) is 35.9 Å². The molecule has 0 unspecified atom stereocenters. The van der Waals surface area contributed by atoms with E-state index in [-0.39, 0.29) is 10.8 Å². The van der Waals surface area contributed by atoms with Crippen LogP contribution < -0.4 is 14.8 Å². The predicted molar refractivity (Wildman–Crippen MR) is 97.2 cm³/mol. The van der Waals surface area contributed by atoms with Crippen molar-refractivity contribution in [1.29, 1.82) is 0 Å². The van der Waals surface area contributed by atoms with E-state index in [0.717, 1.165) is 6.08 Å². The van der Waals surface area contributed by atoms with E-state index in [0.29, 0.717) is 16.9 Å². The zero-order chi connectivity index (χ0) is 19.2. The van der Waals surface area contributed by atoms with E-state index in [1.54, 1.807) is 30.3 Å². The Labute approximate surface area is 151 Å². The summed E-state index contributed by atoms with van der Waals surface area (Å²) in [6.45, 7) is 0. The van der Waals surface area contributed by atoms with Crippen molar-refractivity contribution in [2.24, 2.45) is 0 Å². The molecule has 0 atom stereocenters. The predicted octanol–water partition coefficient (Wildman–Crippen LogP) is 1.57. The van der Waals surface area contributed by atoms with Gasteiger partial charge in [0.2, 0.25) is 0 Å². The second-order valence-electron chi connectivity index (χ2n) is 5.18. The van der Waals surface area contributed by atoms with E-state index in [4.69, 9.17) is 4.74 Å². The smallest absolute Gasteiger partial charge is 0.264 e. The van der Waals surface area contributed by atoms with E-state index >= 15 is 0 Å². The van der Waals surface area contributed by atoms with Gasteiger partial charge in [0, 0.05) is 24.8 Å². The van der Waals surface area contributed by atoms with Crippen LogP contribution >= 0.6 is 0 Å². The molecule has 7 nitrogen and oxygen atoms in total. The average Bonchev–Trinajstić information content (AvgIpc) is 2.66. The highest BCUT2D eigenvalue weighted by Crippen LogP contribution is 2.16. The van der Waals surface area contributed by atoms with Crippen molar-refractivity contribution >= 4 is 27.9 Å². The first kappa shape index (κ1) is 19.2. The first-order chi connectivity index (χ1) is 12.4. The summed E-state index contributed by atoms with van der Waals surface area (Å²) in [6.07, 6.45) is 2.55. The topological polar surface area (TPSA) is 102 Å². The molecule has 0 aliphatic rings. The minimum atomic E-state index is -4.00. The van der Waals surface area contributed by atoms with Gasteiger partial charge in [0.1, 0.15) is 5.75 Å². The maximum absolute atomic E-state index is 12.2. The number of methoxy groups -OCH3 is 1. The first-order valence-electron chi connectivity index (χ1n) is 7.57. The summed E-state index contributed by atoms with van der Waals surface area (Å²) >= 11 is 0. The average molecular weight is 374 g/mol. The lowest BCUT2D eigenvalue weighted by Crippen LogP contribution is -2.28. The van der Waals surface area contributed by atoms with Crippen LogP contribution in [0.15, 0.2) is 59.5 Å². The molecule has 2 aromatic carbocycles. The van der Waals surface area contributed by atoms with Gasteiger partial charge in [-0.1, -0.05) is 18.2 Å². The number of hydrogen-bond acceptors (Lipinski definition) is 5. The van der Waals surface area contributed by atoms with E-state index < -0.39 is 15.9 Å². The lowest BCUT2D eigenvalue weighted by atomic mass is 10.1. The Morgan fingerprint density at radius 2 is 1.77 bits per heavy atom. The number of benzene rings is 2. The number of sulfonamides is 1. The maximum Gasteiger partial charge on any atom is 0.264 e. The summed E-state index contributed by atoms with van der Waals surface area (Å²) in [5.41, 5.74) is 1.13. The number of amides is 2. The van der Waals surface area contributed by atoms with Gasteiger partial charge in [0.25, 0.3) is 21.8 Å². The third kappa shape index (κ3) is 4.93. The molecule has 0 radical (unpaired) electrons. The van der Waals surface area contributed by atoms with Gasteiger partial charge in [-0.3, -0.25) is 9.59 Å². The van der Waals surface area contributed by atoms with Gasteiger partial charge in [-0.15, -0.1) is 0 Å². The number of rotatable bonds is 6. The zero-order valence-electron chi connectivity index (χ0n) is 14.2. The van der Waals surface area contributed by atoms with Gasteiger partial charge in [0.15, 0.2) is 0 Å². The highest BCUT2D eigenvalue weighted by atomic mass is 32.2. The molecular formula is C18H18N2O5S. The van der Waals surface area contributed by atoms with E-state index in [1.165, 1.54) is 38.4 Å². The molecule has 0 aromatic heterocycles. The molecule has 0 aliphatic carbocycles. The standard InChI is InChI=1S/C18H18N2O5S/c1-19-18(22)14-9-6-13(7-10-14)8-11-17(21)20-26(23,24)16-5-3-4-15(12-16)25-2/h3-12H,1-2H3,(H,19,22)(H,20,21)/b11-8+. The number of hydrogen-bond donors (Lipinski definition) is 2. The first-order valence-corrected chi connectivity index (χ1v) is 9.05. The molecular weight excluding hydrogens is 356 g/mol. The molecule has 2 N–H and O–H groups in total. The minimum absolute atomic E-state index is 0.0754. The van der Waals surface area contributed by atoms with Gasteiger partial charge in [-0.25, -0.2) is 13.1 Å². The molecule has 0 fully saturated rings. The highest BCUT2D eigenvalue weighted by Gasteiger charge is 2.16. The molecule has 0 heterocycles. The molecule has 26 heavy (non-hydrogen) atoms. The lowest BCUT2D eigenvalue weighted by molar-refractivity contribution is -0.114. The van der Waals surface area contributed by atoms with Crippen molar-refractivity contribution in [3.05, 3.63) is 65.7 Å². The molecule has 2 rings (SSSR count). The summed E-state index contributed by atoms with van der Waals surface area (Å²) in [6, 6.07) is 12.3. The molecule has 2 aromatic rings. The van der Waals surface area contributed by atoms with Crippen LogP contribution in [0.5, 0.6) is 5.75 Å². The van der Waals surface area contributed by atoms with Crippen LogP contribution in [-0.2, 0) is 14.8 Å². The molecule has 0 saturated carbocycles. The normalized spacial score (nSPS) is 11.2. The fourth-order valence-corrected chi connectivity index (χ4v) is 3.04. The van der Waals surface area contributed by atoms with E-state index in [1.807, 2.05) is 4.72 Å². The third-order valence-corrected chi connectivity index (χ3v) is 4.76. The minimum Gasteiger partial charge on any atom is -0.497 e. The van der Waals surface area contributed by atoms with Crippen LogP contribution in [0.25, 0.3) is 6.08 Å². The Hall–Kier alpha value is -3.13. The Morgan fingerprint density at radius 3 is 2.38 bits per heavy atom. The van der Waals surface area contributed by atoms with Crippen LogP contribution in [0.4, 0.5) is 0 Å². The fourth-order valence-electron chi connectivity index (χ4n) is 2.06. The fraction of sp³-hybridized carbons (Fsp3) is 0.111. The summed E-state index contributed by atoms with van der Waals surface area (Å²) in [4.78, 5) is 23.3. The summed E-state index contributed by atoms with van der Waals surface area (Å²) in [7, 11) is -1.05. The zero-order valence-corrected chi connectivity index (χ0v) is 15.0.